The zero-order valence-electron chi connectivity index (χ0n) is 11.2. The second-order valence-electron chi connectivity index (χ2n) is 4.84. The Kier molecular flexibility index (Phi) is 4.33. The predicted octanol–water partition coefficient (Wildman–Crippen LogP) is 3.74. The molecule has 0 aliphatic heterocycles. The van der Waals surface area contributed by atoms with Crippen LogP contribution in [-0.2, 0) is 11.2 Å². The topological polar surface area (TPSA) is 37.3 Å². The summed E-state index contributed by atoms with van der Waals surface area (Å²) >= 11 is 0. The standard InChI is InChI=1S/C15H22O2/c1-5-15(6-2,14(16)17)10-13-11(3)8-7-9-12(13)4/h7-9H,5-6,10H2,1-4H3,(H,16,17). The number of carboxylic acids is 1. The van der Waals surface area contributed by atoms with Gasteiger partial charge >= 0.3 is 5.97 Å². The molecule has 1 N–H and O–H groups in total. The van der Waals surface area contributed by atoms with Gasteiger partial charge in [-0.1, -0.05) is 32.0 Å². The minimum absolute atomic E-state index is 0.614. The summed E-state index contributed by atoms with van der Waals surface area (Å²) in [5.41, 5.74) is 2.96. The highest BCUT2D eigenvalue weighted by Gasteiger charge is 2.35. The first kappa shape index (κ1) is 13.8. The quantitative estimate of drug-likeness (QED) is 0.842. The maximum Gasteiger partial charge on any atom is 0.309 e. The van der Waals surface area contributed by atoms with E-state index in [1.807, 2.05) is 19.9 Å². The number of aliphatic carboxylic acids is 1. The highest BCUT2D eigenvalue weighted by molar-refractivity contribution is 5.75. The van der Waals surface area contributed by atoms with Crippen LogP contribution in [0.5, 0.6) is 0 Å². The molecule has 0 aliphatic carbocycles. The second kappa shape index (κ2) is 5.35. The largest absolute Gasteiger partial charge is 0.481 e. The highest BCUT2D eigenvalue weighted by atomic mass is 16.4. The SMILES string of the molecule is CCC(CC)(Cc1c(C)cccc1C)C(=O)O. The summed E-state index contributed by atoms with van der Waals surface area (Å²) in [5.74, 6) is -0.676. The molecule has 0 bridgehead atoms. The van der Waals surface area contributed by atoms with E-state index in [4.69, 9.17) is 0 Å². The molecule has 0 amide bonds. The summed E-state index contributed by atoms with van der Waals surface area (Å²) in [6, 6.07) is 6.13. The van der Waals surface area contributed by atoms with Crippen molar-refractivity contribution in [3.05, 3.63) is 34.9 Å². The molecule has 0 atom stereocenters. The summed E-state index contributed by atoms with van der Waals surface area (Å²) in [7, 11) is 0. The zero-order valence-corrected chi connectivity index (χ0v) is 11.2. The summed E-state index contributed by atoms with van der Waals surface area (Å²) in [6.07, 6.45) is 1.98. The number of carbonyl (C=O) groups is 1. The van der Waals surface area contributed by atoms with E-state index in [0.717, 1.165) is 0 Å². The fraction of sp³-hybridized carbons (Fsp3) is 0.533. The molecule has 0 radical (unpaired) electrons. The first-order chi connectivity index (χ1) is 7.96. The molecule has 2 nitrogen and oxygen atoms in total. The number of hydrogen-bond acceptors (Lipinski definition) is 1. The minimum Gasteiger partial charge on any atom is -0.481 e. The average Bonchev–Trinajstić information content (AvgIpc) is 2.29. The number of carboxylic acid groups (broad SMARTS) is 1. The van der Waals surface area contributed by atoms with Crippen molar-refractivity contribution in [3.8, 4) is 0 Å². The van der Waals surface area contributed by atoms with E-state index in [9.17, 15) is 9.90 Å². The Balaban J connectivity index is 3.14. The van der Waals surface area contributed by atoms with Gasteiger partial charge in [-0.05, 0) is 49.8 Å². The van der Waals surface area contributed by atoms with E-state index >= 15 is 0 Å². The Hall–Kier alpha value is -1.31. The van der Waals surface area contributed by atoms with Crippen molar-refractivity contribution in [2.45, 2.75) is 47.0 Å². The molecule has 1 aromatic carbocycles. The van der Waals surface area contributed by atoms with Gasteiger partial charge in [0.15, 0.2) is 0 Å². The molecule has 0 aliphatic rings. The maximum absolute atomic E-state index is 11.5. The fourth-order valence-corrected chi connectivity index (χ4v) is 2.34. The Labute approximate surface area is 104 Å². The summed E-state index contributed by atoms with van der Waals surface area (Å²) in [5, 5.41) is 9.47. The molecule has 0 saturated heterocycles. The molecule has 0 aromatic heterocycles. The van der Waals surface area contributed by atoms with E-state index in [0.29, 0.717) is 19.3 Å². The lowest BCUT2D eigenvalue weighted by atomic mass is 9.75. The average molecular weight is 234 g/mol. The van der Waals surface area contributed by atoms with Gasteiger partial charge in [0.1, 0.15) is 0 Å². The normalized spacial score (nSPS) is 11.5. The Morgan fingerprint density at radius 2 is 1.65 bits per heavy atom. The Bertz CT molecular complexity index is 383. The molecule has 1 aromatic rings. The molecule has 0 heterocycles. The maximum atomic E-state index is 11.5. The zero-order chi connectivity index (χ0) is 13.1. The van der Waals surface area contributed by atoms with Crippen molar-refractivity contribution in [2.75, 3.05) is 0 Å². The van der Waals surface area contributed by atoms with Crippen LogP contribution in [0.3, 0.4) is 0 Å². The van der Waals surface area contributed by atoms with Gasteiger partial charge < -0.3 is 5.11 Å². The molecule has 0 spiro atoms. The van der Waals surface area contributed by atoms with Crippen molar-refractivity contribution in [2.24, 2.45) is 5.41 Å². The van der Waals surface area contributed by atoms with Crippen LogP contribution in [0.4, 0.5) is 0 Å². The molecule has 94 valence electrons. The van der Waals surface area contributed by atoms with Gasteiger partial charge in [-0.3, -0.25) is 4.79 Å². The van der Waals surface area contributed by atoms with Crippen molar-refractivity contribution in [1.29, 1.82) is 0 Å². The highest BCUT2D eigenvalue weighted by Crippen LogP contribution is 2.33. The van der Waals surface area contributed by atoms with E-state index in [2.05, 4.69) is 26.0 Å². The summed E-state index contributed by atoms with van der Waals surface area (Å²) in [6.45, 7) is 8.04. The van der Waals surface area contributed by atoms with E-state index < -0.39 is 11.4 Å². The molecule has 0 unspecified atom stereocenters. The first-order valence-electron chi connectivity index (χ1n) is 6.25. The lowest BCUT2D eigenvalue weighted by Gasteiger charge is -2.28. The van der Waals surface area contributed by atoms with Crippen LogP contribution in [0.1, 0.15) is 43.4 Å². The van der Waals surface area contributed by atoms with Crippen LogP contribution in [0, 0.1) is 19.3 Å². The van der Waals surface area contributed by atoms with E-state index in [1.54, 1.807) is 0 Å². The van der Waals surface area contributed by atoms with Gasteiger partial charge in [-0.15, -0.1) is 0 Å². The van der Waals surface area contributed by atoms with Gasteiger partial charge in [0.05, 0.1) is 5.41 Å². The lowest BCUT2D eigenvalue weighted by Crippen LogP contribution is -2.32. The van der Waals surface area contributed by atoms with Crippen LogP contribution < -0.4 is 0 Å². The van der Waals surface area contributed by atoms with Gasteiger partial charge in [0, 0.05) is 0 Å². The predicted molar refractivity (Wildman–Crippen MR) is 70.3 cm³/mol. The molecule has 0 saturated carbocycles. The Morgan fingerprint density at radius 1 is 1.18 bits per heavy atom. The molecular formula is C15H22O2. The summed E-state index contributed by atoms with van der Waals surface area (Å²) in [4.78, 5) is 11.5. The minimum atomic E-state index is -0.676. The molecular weight excluding hydrogens is 212 g/mol. The molecule has 17 heavy (non-hydrogen) atoms. The third-order valence-electron chi connectivity index (χ3n) is 3.97. The van der Waals surface area contributed by atoms with Crippen molar-refractivity contribution in [1.82, 2.24) is 0 Å². The number of benzene rings is 1. The molecule has 1 rings (SSSR count). The van der Waals surface area contributed by atoms with Crippen LogP contribution in [0.25, 0.3) is 0 Å². The van der Waals surface area contributed by atoms with Gasteiger partial charge in [0.25, 0.3) is 0 Å². The summed E-state index contributed by atoms with van der Waals surface area (Å²) < 4.78 is 0. The lowest BCUT2D eigenvalue weighted by molar-refractivity contribution is -0.149. The third kappa shape index (κ3) is 2.68. The fourth-order valence-electron chi connectivity index (χ4n) is 2.34. The Morgan fingerprint density at radius 3 is 2.00 bits per heavy atom. The smallest absolute Gasteiger partial charge is 0.309 e. The molecule has 2 heteroatoms. The molecule has 0 fully saturated rings. The monoisotopic (exact) mass is 234 g/mol. The van der Waals surface area contributed by atoms with Crippen molar-refractivity contribution < 1.29 is 9.90 Å². The van der Waals surface area contributed by atoms with Crippen LogP contribution in [0.2, 0.25) is 0 Å². The van der Waals surface area contributed by atoms with Crippen molar-refractivity contribution in [3.63, 3.8) is 0 Å². The van der Waals surface area contributed by atoms with Crippen LogP contribution in [0.15, 0.2) is 18.2 Å². The second-order valence-corrected chi connectivity index (χ2v) is 4.84. The van der Waals surface area contributed by atoms with Gasteiger partial charge in [0.2, 0.25) is 0 Å². The van der Waals surface area contributed by atoms with E-state index in [-0.39, 0.29) is 0 Å². The third-order valence-corrected chi connectivity index (χ3v) is 3.97. The van der Waals surface area contributed by atoms with Crippen LogP contribution in [-0.4, -0.2) is 11.1 Å². The number of hydrogen-bond donors (Lipinski definition) is 1. The van der Waals surface area contributed by atoms with Crippen LogP contribution >= 0.6 is 0 Å². The van der Waals surface area contributed by atoms with Crippen molar-refractivity contribution >= 4 is 5.97 Å². The first-order valence-corrected chi connectivity index (χ1v) is 6.25. The number of aryl methyl sites for hydroxylation is 2. The number of rotatable bonds is 5. The van der Waals surface area contributed by atoms with Gasteiger partial charge in [-0.25, -0.2) is 0 Å². The van der Waals surface area contributed by atoms with Gasteiger partial charge in [-0.2, -0.15) is 0 Å². The van der Waals surface area contributed by atoms with E-state index in [1.165, 1.54) is 16.7 Å².